The Balaban J connectivity index is 1.34. The van der Waals surface area contributed by atoms with E-state index in [4.69, 9.17) is 9.84 Å². The van der Waals surface area contributed by atoms with Gasteiger partial charge in [0, 0.05) is 32.7 Å². The van der Waals surface area contributed by atoms with Gasteiger partial charge in [0.1, 0.15) is 6.61 Å². The maximum atomic E-state index is 12.1. The lowest BCUT2D eigenvalue weighted by Crippen LogP contribution is -2.52. The predicted octanol–water partition coefficient (Wildman–Crippen LogP) is 2.05. The molecule has 0 bridgehead atoms. The molecule has 130 valence electrons. The van der Waals surface area contributed by atoms with Crippen molar-refractivity contribution >= 4 is 12.1 Å². The molecule has 24 heavy (non-hydrogen) atoms. The SMILES string of the molecule is O=C(O)C1CN(CC2CCN(C(=O)OCc3ccccc3)CC2)C1. The lowest BCUT2D eigenvalue weighted by Gasteiger charge is -2.40. The first-order valence-electron chi connectivity index (χ1n) is 8.52. The van der Waals surface area contributed by atoms with E-state index in [1.54, 1.807) is 4.90 Å². The number of carbonyl (C=O) groups excluding carboxylic acids is 1. The fourth-order valence-electron chi connectivity index (χ4n) is 3.35. The molecule has 0 atom stereocenters. The molecule has 6 nitrogen and oxygen atoms in total. The van der Waals surface area contributed by atoms with Crippen LogP contribution in [0.1, 0.15) is 18.4 Å². The van der Waals surface area contributed by atoms with Gasteiger partial charge in [-0.25, -0.2) is 4.79 Å². The molecule has 3 rings (SSSR count). The summed E-state index contributed by atoms with van der Waals surface area (Å²) in [6, 6.07) is 9.68. The number of nitrogens with zero attached hydrogens (tertiary/aromatic N) is 2. The molecule has 1 amide bonds. The summed E-state index contributed by atoms with van der Waals surface area (Å²) in [7, 11) is 0. The molecule has 0 radical (unpaired) electrons. The molecule has 0 spiro atoms. The van der Waals surface area contributed by atoms with Crippen LogP contribution in [-0.2, 0) is 16.1 Å². The maximum Gasteiger partial charge on any atom is 0.410 e. The second-order valence-corrected chi connectivity index (χ2v) is 6.72. The molecular weight excluding hydrogens is 308 g/mol. The molecule has 0 aliphatic carbocycles. The number of amides is 1. The number of carbonyl (C=O) groups is 2. The van der Waals surface area contributed by atoms with Crippen LogP contribution in [-0.4, -0.2) is 59.7 Å². The summed E-state index contributed by atoms with van der Waals surface area (Å²) in [5.74, 6) is -0.349. The molecule has 2 heterocycles. The number of carboxylic acids is 1. The Morgan fingerprint density at radius 1 is 1.12 bits per heavy atom. The minimum atomic E-state index is -0.692. The van der Waals surface area contributed by atoms with Crippen molar-refractivity contribution in [2.75, 3.05) is 32.7 Å². The highest BCUT2D eigenvalue weighted by Crippen LogP contribution is 2.23. The third kappa shape index (κ3) is 4.26. The number of benzene rings is 1. The minimum absolute atomic E-state index is 0.196. The average Bonchev–Trinajstić information content (AvgIpc) is 2.56. The van der Waals surface area contributed by atoms with Gasteiger partial charge in [-0.3, -0.25) is 4.79 Å². The zero-order chi connectivity index (χ0) is 16.9. The summed E-state index contributed by atoms with van der Waals surface area (Å²) in [6.07, 6.45) is 1.66. The average molecular weight is 332 g/mol. The van der Waals surface area contributed by atoms with Gasteiger partial charge < -0.3 is 19.6 Å². The number of piperidine rings is 1. The smallest absolute Gasteiger partial charge is 0.410 e. The Kier molecular flexibility index (Phi) is 5.35. The molecule has 2 aliphatic heterocycles. The molecule has 6 heteroatoms. The monoisotopic (exact) mass is 332 g/mol. The van der Waals surface area contributed by atoms with Crippen molar-refractivity contribution in [3.05, 3.63) is 35.9 Å². The first-order valence-corrected chi connectivity index (χ1v) is 8.52. The number of hydrogen-bond acceptors (Lipinski definition) is 4. The van der Waals surface area contributed by atoms with E-state index >= 15 is 0 Å². The van der Waals surface area contributed by atoms with Crippen LogP contribution in [0, 0.1) is 11.8 Å². The van der Waals surface area contributed by atoms with Crippen molar-refractivity contribution in [2.24, 2.45) is 11.8 Å². The quantitative estimate of drug-likeness (QED) is 0.894. The summed E-state index contributed by atoms with van der Waals surface area (Å²) in [6.45, 7) is 4.01. The van der Waals surface area contributed by atoms with E-state index in [-0.39, 0.29) is 12.0 Å². The van der Waals surface area contributed by atoms with Gasteiger partial charge in [-0.1, -0.05) is 30.3 Å². The summed E-state index contributed by atoms with van der Waals surface area (Å²) >= 11 is 0. The molecule has 0 saturated carbocycles. The largest absolute Gasteiger partial charge is 0.481 e. The fraction of sp³-hybridized carbons (Fsp3) is 0.556. The molecule has 1 aromatic rings. The molecule has 2 fully saturated rings. The van der Waals surface area contributed by atoms with E-state index in [2.05, 4.69) is 4.90 Å². The van der Waals surface area contributed by atoms with Crippen LogP contribution in [0.25, 0.3) is 0 Å². The lowest BCUT2D eigenvalue weighted by atomic mass is 9.92. The topological polar surface area (TPSA) is 70.1 Å². The Morgan fingerprint density at radius 3 is 2.42 bits per heavy atom. The summed E-state index contributed by atoms with van der Waals surface area (Å²) in [4.78, 5) is 26.9. The van der Waals surface area contributed by atoms with E-state index < -0.39 is 5.97 Å². The maximum absolute atomic E-state index is 12.1. The normalized spacial score (nSPS) is 19.8. The van der Waals surface area contributed by atoms with E-state index in [1.165, 1.54) is 0 Å². The van der Waals surface area contributed by atoms with Gasteiger partial charge >= 0.3 is 12.1 Å². The number of hydrogen-bond donors (Lipinski definition) is 1. The lowest BCUT2D eigenvalue weighted by molar-refractivity contribution is -0.147. The second kappa shape index (κ2) is 7.66. The van der Waals surface area contributed by atoms with Crippen LogP contribution in [0.5, 0.6) is 0 Å². The summed E-state index contributed by atoms with van der Waals surface area (Å²) in [5.41, 5.74) is 0.992. The van der Waals surface area contributed by atoms with E-state index in [0.29, 0.717) is 38.7 Å². The third-order valence-corrected chi connectivity index (χ3v) is 4.90. The first kappa shape index (κ1) is 16.8. The third-order valence-electron chi connectivity index (χ3n) is 4.90. The Labute approximate surface area is 142 Å². The number of carboxylic acid groups (broad SMARTS) is 1. The molecule has 2 saturated heterocycles. The zero-order valence-corrected chi connectivity index (χ0v) is 13.8. The number of rotatable bonds is 5. The molecule has 1 aromatic carbocycles. The van der Waals surface area contributed by atoms with E-state index in [0.717, 1.165) is 24.9 Å². The highest BCUT2D eigenvalue weighted by atomic mass is 16.6. The molecule has 0 unspecified atom stereocenters. The molecule has 1 N–H and O–H groups in total. The molecule has 2 aliphatic rings. The Hall–Kier alpha value is -2.08. The van der Waals surface area contributed by atoms with E-state index in [9.17, 15) is 9.59 Å². The fourth-order valence-corrected chi connectivity index (χ4v) is 3.35. The summed E-state index contributed by atoms with van der Waals surface area (Å²) in [5, 5.41) is 8.90. The van der Waals surface area contributed by atoms with Crippen molar-refractivity contribution in [3.8, 4) is 0 Å². The molecule has 0 aromatic heterocycles. The minimum Gasteiger partial charge on any atom is -0.481 e. The summed E-state index contributed by atoms with van der Waals surface area (Å²) < 4.78 is 5.37. The van der Waals surface area contributed by atoms with Gasteiger partial charge in [-0.05, 0) is 24.3 Å². The predicted molar refractivity (Wildman–Crippen MR) is 88.5 cm³/mol. The number of ether oxygens (including phenoxy) is 1. The van der Waals surface area contributed by atoms with Crippen LogP contribution >= 0.6 is 0 Å². The van der Waals surface area contributed by atoms with Gasteiger partial charge in [0.05, 0.1) is 5.92 Å². The first-order chi connectivity index (χ1) is 11.6. The Bertz CT molecular complexity index is 564. The van der Waals surface area contributed by atoms with Gasteiger partial charge in [0.25, 0.3) is 0 Å². The number of likely N-dealkylation sites (tertiary alicyclic amines) is 2. The van der Waals surface area contributed by atoms with Crippen molar-refractivity contribution in [1.82, 2.24) is 9.80 Å². The second-order valence-electron chi connectivity index (χ2n) is 6.72. The van der Waals surface area contributed by atoms with Crippen molar-refractivity contribution in [3.63, 3.8) is 0 Å². The van der Waals surface area contributed by atoms with Crippen LogP contribution in [0.2, 0.25) is 0 Å². The van der Waals surface area contributed by atoms with E-state index in [1.807, 2.05) is 30.3 Å². The zero-order valence-electron chi connectivity index (χ0n) is 13.8. The highest BCUT2D eigenvalue weighted by Gasteiger charge is 2.34. The van der Waals surface area contributed by atoms with Gasteiger partial charge in [-0.15, -0.1) is 0 Å². The molecular formula is C18H24N2O4. The van der Waals surface area contributed by atoms with Gasteiger partial charge in [-0.2, -0.15) is 0 Å². The standard InChI is InChI=1S/C18H24N2O4/c21-17(22)16-11-19(12-16)10-14-6-8-20(9-7-14)18(23)24-13-15-4-2-1-3-5-15/h1-5,14,16H,6-13H2,(H,21,22). The van der Waals surface area contributed by atoms with Crippen molar-refractivity contribution in [1.29, 1.82) is 0 Å². The van der Waals surface area contributed by atoms with Crippen molar-refractivity contribution in [2.45, 2.75) is 19.4 Å². The van der Waals surface area contributed by atoms with Crippen LogP contribution in [0.4, 0.5) is 4.79 Å². The van der Waals surface area contributed by atoms with Gasteiger partial charge in [0.2, 0.25) is 0 Å². The van der Waals surface area contributed by atoms with Crippen LogP contribution in [0.3, 0.4) is 0 Å². The van der Waals surface area contributed by atoms with Crippen LogP contribution in [0.15, 0.2) is 30.3 Å². The van der Waals surface area contributed by atoms with Gasteiger partial charge in [0.15, 0.2) is 0 Å². The number of aliphatic carboxylic acids is 1. The van der Waals surface area contributed by atoms with Crippen molar-refractivity contribution < 1.29 is 19.4 Å². The highest BCUT2D eigenvalue weighted by molar-refractivity contribution is 5.71. The van der Waals surface area contributed by atoms with Crippen LogP contribution < -0.4 is 0 Å². The Morgan fingerprint density at radius 2 is 1.79 bits per heavy atom.